The third-order valence-corrected chi connectivity index (χ3v) is 4.11. The minimum atomic E-state index is -3.54. The molecule has 30 heavy (non-hydrogen) atoms. The molecule has 0 saturated carbocycles. The molecule has 3 rings (SSSR count). The summed E-state index contributed by atoms with van der Waals surface area (Å²) >= 11 is 0. The number of allylic oxidation sites excluding steroid dienone is 1. The molecule has 11 heteroatoms. The van der Waals surface area contributed by atoms with E-state index in [0.29, 0.717) is 18.1 Å². The Hall–Kier alpha value is -3.21. The molecule has 1 aromatic carbocycles. The van der Waals surface area contributed by atoms with Gasteiger partial charge in [0.2, 0.25) is 5.72 Å². The summed E-state index contributed by atoms with van der Waals surface area (Å²) in [6.07, 6.45) is -6.52. The first-order valence-electron chi connectivity index (χ1n) is 8.81. The molecule has 0 bridgehead atoms. The molecule has 1 aliphatic rings. The van der Waals surface area contributed by atoms with Gasteiger partial charge in [0.05, 0.1) is 12.3 Å². The minimum absolute atomic E-state index is 0.00901. The summed E-state index contributed by atoms with van der Waals surface area (Å²) in [6.45, 7) is 2.28. The van der Waals surface area contributed by atoms with Crippen molar-refractivity contribution in [2.45, 2.75) is 32.1 Å². The molecule has 1 unspecified atom stereocenters. The van der Waals surface area contributed by atoms with Gasteiger partial charge < -0.3 is 19.0 Å². The number of carbonyl (C=O) groups is 1. The van der Waals surface area contributed by atoms with Gasteiger partial charge in [0, 0.05) is 6.08 Å². The van der Waals surface area contributed by atoms with Crippen molar-refractivity contribution >= 4 is 5.91 Å². The van der Waals surface area contributed by atoms with Crippen molar-refractivity contribution in [2.75, 3.05) is 6.61 Å². The standard InChI is InChI=1S/C19H18F4N2O5/c1-2-28-11-3-5-12(6-4-11)29-10-13-7-8-15(30-13)17(26)25-19(27,18(22)23)9-14(24-25)16(20)21/h3-9,16,18,24,27H,2,10H2,1H3. The van der Waals surface area contributed by atoms with Crippen LogP contribution < -0.4 is 14.9 Å². The summed E-state index contributed by atoms with van der Waals surface area (Å²) in [7, 11) is 0. The predicted molar refractivity (Wildman–Crippen MR) is 95.0 cm³/mol. The number of carbonyl (C=O) groups excluding carboxylic acids is 1. The SMILES string of the molecule is CCOc1ccc(OCc2ccc(C(=O)N3NC(C(F)F)=CC3(O)C(F)F)o2)cc1. The lowest BCUT2D eigenvalue weighted by Gasteiger charge is -2.30. The third-order valence-electron chi connectivity index (χ3n) is 4.11. The number of nitrogens with one attached hydrogen (secondary N) is 1. The maximum absolute atomic E-state index is 13.2. The summed E-state index contributed by atoms with van der Waals surface area (Å²) < 4.78 is 68.3. The van der Waals surface area contributed by atoms with E-state index in [0.717, 1.165) is 6.07 Å². The lowest BCUT2D eigenvalue weighted by Crippen LogP contribution is -2.56. The van der Waals surface area contributed by atoms with E-state index in [1.165, 1.54) is 6.07 Å². The Balaban J connectivity index is 1.67. The Morgan fingerprint density at radius 2 is 1.77 bits per heavy atom. The van der Waals surface area contributed by atoms with Gasteiger partial charge in [0.25, 0.3) is 12.9 Å². The Labute approximate surface area is 168 Å². The summed E-state index contributed by atoms with van der Waals surface area (Å²) in [4.78, 5) is 12.5. The van der Waals surface area contributed by atoms with Gasteiger partial charge in [-0.05, 0) is 43.3 Å². The zero-order valence-corrected chi connectivity index (χ0v) is 15.6. The fourth-order valence-electron chi connectivity index (χ4n) is 2.66. The number of amides is 1. The zero-order valence-electron chi connectivity index (χ0n) is 15.6. The highest BCUT2D eigenvalue weighted by Gasteiger charge is 2.51. The highest BCUT2D eigenvalue weighted by molar-refractivity contribution is 5.92. The van der Waals surface area contributed by atoms with Crippen molar-refractivity contribution in [1.82, 2.24) is 10.4 Å². The molecule has 7 nitrogen and oxygen atoms in total. The molecular formula is C19H18F4N2O5. The van der Waals surface area contributed by atoms with Gasteiger partial charge in [0.15, 0.2) is 5.76 Å². The molecule has 1 aliphatic heterocycles. The Morgan fingerprint density at radius 1 is 1.13 bits per heavy atom. The number of hydrogen-bond donors (Lipinski definition) is 2. The van der Waals surface area contributed by atoms with Crippen LogP contribution in [0.2, 0.25) is 0 Å². The van der Waals surface area contributed by atoms with E-state index in [1.807, 2.05) is 6.92 Å². The molecule has 0 spiro atoms. The lowest BCUT2D eigenvalue weighted by atomic mass is 10.2. The van der Waals surface area contributed by atoms with Gasteiger partial charge in [-0.25, -0.2) is 22.6 Å². The van der Waals surface area contributed by atoms with Crippen LogP contribution in [0.1, 0.15) is 23.2 Å². The number of rotatable bonds is 8. The van der Waals surface area contributed by atoms with E-state index < -0.39 is 35.9 Å². The second kappa shape index (κ2) is 8.66. The number of alkyl halides is 4. The summed E-state index contributed by atoms with van der Waals surface area (Å²) in [5.41, 5.74) is -2.45. The molecule has 0 radical (unpaired) electrons. The monoisotopic (exact) mass is 430 g/mol. The van der Waals surface area contributed by atoms with E-state index in [-0.39, 0.29) is 23.5 Å². The van der Waals surface area contributed by atoms with Crippen molar-refractivity contribution in [3.8, 4) is 11.5 Å². The van der Waals surface area contributed by atoms with Crippen LogP contribution in [0.25, 0.3) is 0 Å². The average molecular weight is 430 g/mol. The van der Waals surface area contributed by atoms with Crippen LogP contribution >= 0.6 is 0 Å². The van der Waals surface area contributed by atoms with Crippen LogP contribution in [-0.4, -0.2) is 41.2 Å². The molecule has 0 fully saturated rings. The molecule has 2 heterocycles. The number of furan rings is 1. The van der Waals surface area contributed by atoms with Gasteiger partial charge in [-0.1, -0.05) is 0 Å². The highest BCUT2D eigenvalue weighted by atomic mass is 19.3. The van der Waals surface area contributed by atoms with Crippen molar-refractivity contribution in [1.29, 1.82) is 0 Å². The molecule has 1 amide bonds. The van der Waals surface area contributed by atoms with Crippen LogP contribution in [-0.2, 0) is 6.61 Å². The molecule has 162 valence electrons. The average Bonchev–Trinajstić information content (AvgIpc) is 3.33. The van der Waals surface area contributed by atoms with Gasteiger partial charge in [-0.2, -0.15) is 0 Å². The predicted octanol–water partition coefficient (Wildman–Crippen LogP) is 3.32. The fraction of sp³-hybridized carbons (Fsp3) is 0.316. The Kier molecular flexibility index (Phi) is 6.20. The number of aliphatic hydroxyl groups is 1. The van der Waals surface area contributed by atoms with Crippen LogP contribution in [0.3, 0.4) is 0 Å². The maximum atomic E-state index is 13.2. The lowest BCUT2D eigenvalue weighted by molar-refractivity contribution is -0.147. The molecule has 1 atom stereocenters. The number of ether oxygens (including phenoxy) is 2. The maximum Gasteiger partial charge on any atom is 0.311 e. The van der Waals surface area contributed by atoms with Crippen molar-refractivity contribution in [3.05, 3.63) is 59.7 Å². The van der Waals surface area contributed by atoms with Crippen LogP contribution in [0.5, 0.6) is 11.5 Å². The minimum Gasteiger partial charge on any atom is -0.494 e. The summed E-state index contributed by atoms with van der Waals surface area (Å²) in [6, 6.07) is 9.25. The van der Waals surface area contributed by atoms with Gasteiger partial charge in [-0.15, -0.1) is 0 Å². The normalized spacial score (nSPS) is 18.5. The molecule has 0 saturated heterocycles. The molecule has 0 aliphatic carbocycles. The van der Waals surface area contributed by atoms with Gasteiger partial charge >= 0.3 is 5.91 Å². The molecule has 2 aromatic rings. The Morgan fingerprint density at radius 3 is 2.33 bits per heavy atom. The van der Waals surface area contributed by atoms with Crippen LogP contribution in [0, 0.1) is 0 Å². The number of nitrogens with zero attached hydrogens (tertiary/aromatic N) is 1. The van der Waals surface area contributed by atoms with Gasteiger partial charge in [-0.3, -0.25) is 10.2 Å². The van der Waals surface area contributed by atoms with E-state index >= 15 is 0 Å². The number of halogens is 4. The van der Waals surface area contributed by atoms with E-state index in [1.54, 1.807) is 29.7 Å². The quantitative estimate of drug-likeness (QED) is 0.626. The van der Waals surface area contributed by atoms with E-state index in [2.05, 4.69) is 0 Å². The van der Waals surface area contributed by atoms with Gasteiger partial charge in [0.1, 0.15) is 23.9 Å². The Bertz CT molecular complexity index is 916. The molecule has 1 aromatic heterocycles. The van der Waals surface area contributed by atoms with Crippen LogP contribution in [0.15, 0.2) is 52.6 Å². The van der Waals surface area contributed by atoms with Crippen LogP contribution in [0.4, 0.5) is 17.6 Å². The highest BCUT2D eigenvalue weighted by Crippen LogP contribution is 2.31. The fourth-order valence-corrected chi connectivity index (χ4v) is 2.66. The summed E-state index contributed by atoms with van der Waals surface area (Å²) in [5.74, 6) is -0.374. The number of benzene rings is 1. The zero-order chi connectivity index (χ0) is 21.9. The number of hydrogen-bond acceptors (Lipinski definition) is 6. The largest absolute Gasteiger partial charge is 0.494 e. The van der Waals surface area contributed by atoms with E-state index in [4.69, 9.17) is 13.9 Å². The first kappa shape index (κ1) is 21.5. The first-order valence-corrected chi connectivity index (χ1v) is 8.81. The van der Waals surface area contributed by atoms with Crippen molar-refractivity contribution in [3.63, 3.8) is 0 Å². The number of hydrazine groups is 1. The topological polar surface area (TPSA) is 84.2 Å². The first-order chi connectivity index (χ1) is 14.2. The molecular weight excluding hydrogens is 412 g/mol. The smallest absolute Gasteiger partial charge is 0.311 e. The second-order valence-corrected chi connectivity index (χ2v) is 6.20. The van der Waals surface area contributed by atoms with Crippen molar-refractivity contribution in [2.24, 2.45) is 0 Å². The molecule has 2 N–H and O–H groups in total. The summed E-state index contributed by atoms with van der Waals surface area (Å²) in [5, 5.41) is 10.0. The van der Waals surface area contributed by atoms with Crippen molar-refractivity contribution < 1.29 is 41.4 Å². The second-order valence-electron chi connectivity index (χ2n) is 6.20. The van der Waals surface area contributed by atoms with E-state index in [9.17, 15) is 27.5 Å². The third kappa shape index (κ3) is 4.35.